The number of benzene rings is 11. The van der Waals surface area contributed by atoms with Crippen LogP contribution in [0.25, 0.3) is 121 Å². The summed E-state index contributed by atoms with van der Waals surface area (Å²) in [5.74, 6) is 0. The Morgan fingerprint density at radius 3 is 1.66 bits per heavy atom. The van der Waals surface area contributed by atoms with Crippen molar-refractivity contribution in [1.82, 2.24) is 0 Å². The molecule has 0 aliphatic heterocycles. The Kier molecular flexibility index (Phi) is 5.21. The molecule has 0 spiro atoms. The van der Waals surface area contributed by atoms with Crippen molar-refractivity contribution >= 4 is 65.0 Å². The van der Waals surface area contributed by atoms with Gasteiger partial charge in [0.1, 0.15) is 11.2 Å². The maximum atomic E-state index is 9.77. The number of rotatable bonds is 5. The fraction of sp³-hybridized carbons (Fsp3) is 0. The average Bonchev–Trinajstić information content (AvgIpc) is 3.79. The quantitative estimate of drug-likeness (QED) is 0.159. The minimum Gasteiger partial charge on any atom is -0.456 e. The second kappa shape index (κ2) is 13.4. The van der Waals surface area contributed by atoms with Crippen LogP contribution in [0, 0.1) is 0 Å². The molecule has 0 N–H and O–H groups in total. The highest BCUT2D eigenvalue weighted by Crippen LogP contribution is 2.50. The van der Waals surface area contributed by atoms with E-state index in [1.54, 1.807) is 36.4 Å². The third kappa shape index (κ3) is 5.25. The molecule has 0 aliphatic carbocycles. The lowest BCUT2D eigenvalue weighted by Gasteiger charge is -2.22. The van der Waals surface area contributed by atoms with E-state index in [4.69, 9.17) is 16.8 Å². The van der Waals surface area contributed by atoms with Crippen molar-refractivity contribution in [3.8, 4) is 55.6 Å². The zero-order valence-electron chi connectivity index (χ0n) is 44.2. The van der Waals surface area contributed by atoms with Crippen LogP contribution in [-0.4, -0.2) is 0 Å². The molecule has 0 saturated carbocycles. The van der Waals surface area contributed by atoms with Gasteiger partial charge in [-0.15, -0.1) is 0 Å². The van der Waals surface area contributed by atoms with Gasteiger partial charge in [-0.05, 0) is 117 Å². The molecule has 11 aromatic carbocycles. The van der Waals surface area contributed by atoms with Gasteiger partial charge in [0, 0.05) is 10.8 Å². The number of fused-ring (bicyclic) bond motifs is 7. The van der Waals surface area contributed by atoms with Crippen LogP contribution >= 0.6 is 0 Å². The molecule has 1 nitrogen and oxygen atoms in total. The van der Waals surface area contributed by atoms with Gasteiger partial charge < -0.3 is 4.42 Å². The summed E-state index contributed by atoms with van der Waals surface area (Å²) in [5, 5.41) is 4.15. The lowest BCUT2D eigenvalue weighted by molar-refractivity contribution is 0.669. The van der Waals surface area contributed by atoms with Gasteiger partial charge in [0.2, 0.25) is 0 Å². The van der Waals surface area contributed by atoms with E-state index in [2.05, 4.69) is 24.3 Å². The molecular weight excluding hydrogens is 713 g/mol. The minimum absolute atomic E-state index is 0.00204. The Balaban J connectivity index is 1.24. The normalized spacial score (nSPS) is 14.8. The lowest BCUT2D eigenvalue weighted by atomic mass is 9.81. The standard InChI is InChI=1S/C58H36O/c1-3-16-37(17-4-1)42-28-15-29-54-56(42)52-36-40(31-35-53(52)59-54)41-33-34-51(46-23-10-9-22-45(41)46)55-47-24-11-13-26-49(47)58(50-27-14-12-25-48(50)55)57-43-21-8-7-20-39(43)30-32-44(57)38-18-5-2-6-19-38/h1-36H/i2D,5D,6D,11D,12D,13D,14D,18D,19D,24D,25D,26D,27D. The Morgan fingerprint density at radius 2 is 0.915 bits per heavy atom. The summed E-state index contributed by atoms with van der Waals surface area (Å²) in [6.07, 6.45) is 0. The molecule has 0 unspecified atom stereocenters. The third-order valence-electron chi connectivity index (χ3n) is 11.4. The second-order valence-corrected chi connectivity index (χ2v) is 14.5. The maximum Gasteiger partial charge on any atom is 0.136 e. The highest BCUT2D eigenvalue weighted by Gasteiger charge is 2.22. The molecule has 0 fully saturated rings. The van der Waals surface area contributed by atoms with E-state index >= 15 is 0 Å². The molecule has 0 saturated heterocycles. The summed E-state index contributed by atoms with van der Waals surface area (Å²) in [6.45, 7) is 0. The fourth-order valence-electron chi connectivity index (χ4n) is 8.90. The van der Waals surface area contributed by atoms with Crippen molar-refractivity contribution in [2.24, 2.45) is 0 Å². The van der Waals surface area contributed by atoms with Crippen molar-refractivity contribution in [2.45, 2.75) is 0 Å². The highest BCUT2D eigenvalue weighted by molar-refractivity contribution is 6.27. The first kappa shape index (κ1) is 22.9. The zero-order valence-corrected chi connectivity index (χ0v) is 31.2. The van der Waals surface area contributed by atoms with E-state index in [1.165, 1.54) is 0 Å². The van der Waals surface area contributed by atoms with Gasteiger partial charge in [0.05, 0.1) is 17.8 Å². The molecule has 0 bridgehead atoms. The van der Waals surface area contributed by atoms with E-state index < -0.39 is 78.6 Å². The molecule has 12 aromatic rings. The van der Waals surface area contributed by atoms with Crippen LogP contribution < -0.4 is 0 Å². The summed E-state index contributed by atoms with van der Waals surface area (Å²) in [5.41, 5.74) is 5.87. The van der Waals surface area contributed by atoms with Gasteiger partial charge >= 0.3 is 0 Å². The Bertz CT molecular complexity index is 4260. The van der Waals surface area contributed by atoms with Gasteiger partial charge in [-0.25, -0.2) is 0 Å². The van der Waals surface area contributed by atoms with Crippen LogP contribution in [0.4, 0.5) is 0 Å². The first-order valence-electron chi connectivity index (χ1n) is 25.8. The largest absolute Gasteiger partial charge is 0.456 e. The molecule has 1 heterocycles. The van der Waals surface area contributed by atoms with E-state index in [-0.39, 0.29) is 49.4 Å². The first-order valence-corrected chi connectivity index (χ1v) is 19.3. The number of hydrogen-bond acceptors (Lipinski definition) is 1. The van der Waals surface area contributed by atoms with Gasteiger partial charge in [0.15, 0.2) is 0 Å². The first-order chi connectivity index (χ1) is 34.7. The molecule has 1 heteroatoms. The summed E-state index contributed by atoms with van der Waals surface area (Å²) >= 11 is 0. The van der Waals surface area contributed by atoms with E-state index in [0.717, 1.165) is 44.0 Å². The fourth-order valence-corrected chi connectivity index (χ4v) is 8.90. The molecule has 59 heavy (non-hydrogen) atoms. The molecule has 274 valence electrons. The summed E-state index contributed by atoms with van der Waals surface area (Å²) in [4.78, 5) is 0. The minimum atomic E-state index is -0.606. The van der Waals surface area contributed by atoms with Crippen molar-refractivity contribution in [2.75, 3.05) is 0 Å². The molecule has 12 rings (SSSR count). The smallest absolute Gasteiger partial charge is 0.136 e. The van der Waals surface area contributed by atoms with Gasteiger partial charge in [-0.2, -0.15) is 0 Å². The van der Waals surface area contributed by atoms with Crippen molar-refractivity contribution < 1.29 is 22.2 Å². The SMILES string of the molecule is [2H]c1c([2H])c([2H])c(-c2ccc3ccccc3c2-c2c3c([2H])c([2H])c([2H])c([2H])c3c(-c3ccc(-c4ccc5oc6cccc(-c7ccccc7)c6c5c4)c4ccccc34)c3c([2H])c([2H])c([2H])c([2H])c23)c([2H])c1[2H]. The van der Waals surface area contributed by atoms with Crippen LogP contribution in [-0.2, 0) is 0 Å². The van der Waals surface area contributed by atoms with Crippen LogP contribution in [0.2, 0.25) is 0 Å². The van der Waals surface area contributed by atoms with Crippen LogP contribution in [0.15, 0.2) is 222 Å². The third-order valence-corrected chi connectivity index (χ3v) is 11.4. The Morgan fingerprint density at radius 1 is 0.305 bits per heavy atom. The summed E-state index contributed by atoms with van der Waals surface area (Å²) < 4.78 is 126. The molecule has 0 aliphatic rings. The number of furan rings is 1. The molecule has 0 amide bonds. The van der Waals surface area contributed by atoms with E-state index in [1.807, 2.05) is 78.9 Å². The van der Waals surface area contributed by atoms with E-state index in [9.17, 15) is 5.48 Å². The van der Waals surface area contributed by atoms with Crippen molar-refractivity contribution in [3.63, 3.8) is 0 Å². The van der Waals surface area contributed by atoms with Crippen LogP contribution in [0.5, 0.6) is 0 Å². The second-order valence-electron chi connectivity index (χ2n) is 14.5. The predicted octanol–water partition coefficient (Wildman–Crippen LogP) is 16.5. The van der Waals surface area contributed by atoms with Gasteiger partial charge in [0.25, 0.3) is 0 Å². The zero-order chi connectivity index (χ0) is 50.2. The highest BCUT2D eigenvalue weighted by atomic mass is 16.3. The summed E-state index contributed by atoms with van der Waals surface area (Å²) in [6, 6.07) is 36.8. The molecular formula is C58H36O. The van der Waals surface area contributed by atoms with E-state index in [0.29, 0.717) is 27.3 Å². The van der Waals surface area contributed by atoms with Crippen LogP contribution in [0.1, 0.15) is 17.8 Å². The van der Waals surface area contributed by atoms with Gasteiger partial charge in [-0.3, -0.25) is 0 Å². The summed E-state index contributed by atoms with van der Waals surface area (Å²) in [7, 11) is 0. The lowest BCUT2D eigenvalue weighted by Crippen LogP contribution is -1.94. The molecule has 1 aromatic heterocycles. The van der Waals surface area contributed by atoms with Crippen molar-refractivity contribution in [3.05, 3.63) is 218 Å². The van der Waals surface area contributed by atoms with Gasteiger partial charge in [-0.1, -0.05) is 200 Å². The predicted molar refractivity (Wildman–Crippen MR) is 251 cm³/mol. The topological polar surface area (TPSA) is 13.1 Å². The molecule has 0 radical (unpaired) electrons. The Labute approximate surface area is 360 Å². The maximum absolute atomic E-state index is 9.77. The Hall–Kier alpha value is -7.74. The monoisotopic (exact) mass is 761 g/mol. The van der Waals surface area contributed by atoms with Crippen molar-refractivity contribution in [1.29, 1.82) is 0 Å². The molecule has 0 atom stereocenters. The number of hydrogen-bond donors (Lipinski definition) is 0. The average molecular weight is 762 g/mol. The van der Waals surface area contributed by atoms with Crippen LogP contribution in [0.3, 0.4) is 0 Å².